The molecule has 6 nitrogen and oxygen atoms in total. The van der Waals surface area contributed by atoms with Gasteiger partial charge in [0.1, 0.15) is 11.2 Å². The number of anilines is 1. The van der Waals surface area contributed by atoms with Gasteiger partial charge in [0.25, 0.3) is 0 Å². The Balaban J connectivity index is 2.30. The second kappa shape index (κ2) is 7.77. The van der Waals surface area contributed by atoms with Crippen LogP contribution in [0.1, 0.15) is 31.7 Å². The van der Waals surface area contributed by atoms with E-state index in [0.717, 1.165) is 6.07 Å². The summed E-state index contributed by atoms with van der Waals surface area (Å²) in [6, 6.07) is 2.40. The maximum absolute atomic E-state index is 14.2. The molecule has 1 aromatic heterocycles. The molecule has 1 N–H and O–H groups in total. The average Bonchev–Trinajstić information content (AvgIpc) is 2.57. The number of nitrogens with zero attached hydrogens (tertiary/aromatic N) is 2. The van der Waals surface area contributed by atoms with Gasteiger partial charge in [0.05, 0.1) is 19.1 Å². The number of rotatable bonds is 5. The Hall–Kier alpha value is -1.91. The summed E-state index contributed by atoms with van der Waals surface area (Å²) < 4.78 is 24.3. The molecule has 0 aromatic carbocycles. The number of halogens is 2. The van der Waals surface area contributed by atoms with E-state index < -0.39 is 17.8 Å². The summed E-state index contributed by atoms with van der Waals surface area (Å²) in [7, 11) is 1.31. The SMILES string of the molecule is COC(=O)CC(Nc1nc(Cl)c(C#N)cc1F)C1(C)CCOCC1. The van der Waals surface area contributed by atoms with E-state index in [1.165, 1.54) is 7.11 Å². The summed E-state index contributed by atoms with van der Waals surface area (Å²) in [5.74, 6) is -1.18. The number of esters is 1. The van der Waals surface area contributed by atoms with Crippen LogP contribution in [-0.4, -0.2) is 37.3 Å². The minimum absolute atomic E-state index is 0.0403. The van der Waals surface area contributed by atoms with Crippen molar-refractivity contribution in [3.63, 3.8) is 0 Å². The van der Waals surface area contributed by atoms with Crippen LogP contribution >= 0.6 is 11.6 Å². The third-order valence-corrected chi connectivity index (χ3v) is 4.72. The van der Waals surface area contributed by atoms with E-state index in [9.17, 15) is 9.18 Å². The van der Waals surface area contributed by atoms with Crippen molar-refractivity contribution < 1.29 is 18.7 Å². The first kappa shape index (κ1) is 18.4. The fraction of sp³-hybridized carbons (Fsp3) is 0.562. The number of pyridine rings is 1. The molecule has 0 radical (unpaired) electrons. The van der Waals surface area contributed by atoms with Crippen LogP contribution in [0.25, 0.3) is 0 Å². The van der Waals surface area contributed by atoms with Gasteiger partial charge in [-0.1, -0.05) is 18.5 Å². The number of ether oxygens (including phenoxy) is 2. The molecule has 1 fully saturated rings. The van der Waals surface area contributed by atoms with Crippen LogP contribution in [0.15, 0.2) is 6.07 Å². The highest BCUT2D eigenvalue weighted by Gasteiger charge is 2.38. The number of methoxy groups -OCH3 is 1. The molecule has 0 spiro atoms. The van der Waals surface area contributed by atoms with Crippen LogP contribution in [-0.2, 0) is 14.3 Å². The topological polar surface area (TPSA) is 84.2 Å². The Labute approximate surface area is 144 Å². The van der Waals surface area contributed by atoms with Crippen LogP contribution in [0, 0.1) is 22.6 Å². The largest absolute Gasteiger partial charge is 0.469 e. The van der Waals surface area contributed by atoms with Gasteiger partial charge in [0.2, 0.25) is 0 Å². The minimum atomic E-state index is -0.693. The molecule has 1 atom stereocenters. The van der Waals surface area contributed by atoms with E-state index >= 15 is 0 Å². The van der Waals surface area contributed by atoms with E-state index in [1.807, 2.05) is 6.92 Å². The number of carbonyl (C=O) groups is 1. The smallest absolute Gasteiger partial charge is 0.307 e. The molecule has 0 saturated carbocycles. The monoisotopic (exact) mass is 355 g/mol. The maximum Gasteiger partial charge on any atom is 0.307 e. The van der Waals surface area contributed by atoms with E-state index in [1.54, 1.807) is 6.07 Å². The molecule has 24 heavy (non-hydrogen) atoms. The third kappa shape index (κ3) is 4.13. The Morgan fingerprint density at radius 3 is 2.88 bits per heavy atom. The molecular weight excluding hydrogens is 337 g/mol. The van der Waals surface area contributed by atoms with E-state index in [0.29, 0.717) is 26.1 Å². The van der Waals surface area contributed by atoms with E-state index in [4.69, 9.17) is 26.3 Å². The Bertz CT molecular complexity index is 657. The molecule has 1 aromatic rings. The number of aromatic nitrogens is 1. The van der Waals surface area contributed by atoms with Gasteiger partial charge in [-0.15, -0.1) is 0 Å². The predicted octanol–water partition coefficient (Wildman–Crippen LogP) is 2.91. The number of hydrogen-bond donors (Lipinski definition) is 1. The highest BCUT2D eigenvalue weighted by atomic mass is 35.5. The first-order valence-corrected chi connectivity index (χ1v) is 7.94. The molecule has 2 rings (SSSR count). The Morgan fingerprint density at radius 1 is 1.62 bits per heavy atom. The molecule has 1 aliphatic rings. The summed E-state index contributed by atoms with van der Waals surface area (Å²) in [4.78, 5) is 15.7. The first-order chi connectivity index (χ1) is 11.4. The zero-order chi connectivity index (χ0) is 17.7. The maximum atomic E-state index is 14.2. The zero-order valence-corrected chi connectivity index (χ0v) is 14.3. The summed E-state index contributed by atoms with van der Waals surface area (Å²) in [6.07, 6.45) is 1.49. The molecule has 2 heterocycles. The lowest BCUT2D eigenvalue weighted by atomic mass is 9.74. The Kier molecular flexibility index (Phi) is 5.97. The van der Waals surface area contributed by atoms with E-state index in [-0.39, 0.29) is 28.4 Å². The summed E-state index contributed by atoms with van der Waals surface area (Å²) in [5, 5.41) is 11.8. The van der Waals surface area contributed by atoms with Gasteiger partial charge in [0.15, 0.2) is 11.6 Å². The summed E-state index contributed by atoms with van der Waals surface area (Å²) >= 11 is 5.89. The highest BCUT2D eigenvalue weighted by Crippen LogP contribution is 2.37. The van der Waals surface area contributed by atoms with Crippen molar-refractivity contribution in [2.75, 3.05) is 25.6 Å². The van der Waals surface area contributed by atoms with Gasteiger partial charge in [-0.25, -0.2) is 9.37 Å². The molecule has 0 aliphatic carbocycles. The van der Waals surface area contributed by atoms with Crippen LogP contribution in [0.2, 0.25) is 5.15 Å². The number of hydrogen-bond acceptors (Lipinski definition) is 6. The summed E-state index contributed by atoms with van der Waals surface area (Å²) in [6.45, 7) is 3.15. The Morgan fingerprint density at radius 2 is 2.29 bits per heavy atom. The predicted molar refractivity (Wildman–Crippen MR) is 86.1 cm³/mol. The van der Waals surface area contributed by atoms with Crippen LogP contribution in [0.5, 0.6) is 0 Å². The van der Waals surface area contributed by atoms with Gasteiger partial charge in [0, 0.05) is 19.3 Å². The standard InChI is InChI=1S/C16H19ClFN3O3/c1-16(3-5-24-6-4-16)12(8-13(22)23-2)20-15-11(18)7-10(9-19)14(17)21-15/h7,12H,3-6,8H2,1-2H3,(H,20,21). The molecular formula is C16H19ClFN3O3. The minimum Gasteiger partial charge on any atom is -0.469 e. The average molecular weight is 356 g/mol. The van der Waals surface area contributed by atoms with Gasteiger partial charge in [-0.3, -0.25) is 4.79 Å². The fourth-order valence-electron chi connectivity index (χ4n) is 2.72. The quantitative estimate of drug-likeness (QED) is 0.645. The molecule has 1 unspecified atom stereocenters. The molecule has 1 saturated heterocycles. The van der Waals surface area contributed by atoms with Crippen molar-refractivity contribution in [2.24, 2.45) is 5.41 Å². The normalized spacial score (nSPS) is 17.6. The van der Waals surface area contributed by atoms with Crippen molar-refractivity contribution in [1.82, 2.24) is 4.98 Å². The van der Waals surface area contributed by atoms with Crippen LogP contribution < -0.4 is 5.32 Å². The molecule has 0 bridgehead atoms. The molecule has 8 heteroatoms. The van der Waals surface area contributed by atoms with Gasteiger partial charge >= 0.3 is 5.97 Å². The van der Waals surface area contributed by atoms with Crippen molar-refractivity contribution in [2.45, 2.75) is 32.2 Å². The highest BCUT2D eigenvalue weighted by molar-refractivity contribution is 6.30. The first-order valence-electron chi connectivity index (χ1n) is 7.57. The third-order valence-electron chi connectivity index (χ3n) is 4.44. The van der Waals surface area contributed by atoms with Crippen molar-refractivity contribution in [3.8, 4) is 6.07 Å². The van der Waals surface area contributed by atoms with Crippen LogP contribution in [0.3, 0.4) is 0 Å². The lowest BCUT2D eigenvalue weighted by Crippen LogP contribution is -2.44. The molecule has 130 valence electrons. The number of nitrogens with one attached hydrogen (secondary N) is 1. The lowest BCUT2D eigenvalue weighted by molar-refractivity contribution is -0.142. The van der Waals surface area contributed by atoms with Gasteiger partial charge in [-0.05, 0) is 24.3 Å². The second-order valence-electron chi connectivity index (χ2n) is 6.01. The van der Waals surface area contributed by atoms with Crippen molar-refractivity contribution >= 4 is 23.4 Å². The van der Waals surface area contributed by atoms with E-state index in [2.05, 4.69) is 10.3 Å². The fourth-order valence-corrected chi connectivity index (χ4v) is 2.90. The zero-order valence-electron chi connectivity index (χ0n) is 13.6. The van der Waals surface area contributed by atoms with Gasteiger partial charge < -0.3 is 14.8 Å². The second-order valence-corrected chi connectivity index (χ2v) is 6.37. The van der Waals surface area contributed by atoms with Crippen LogP contribution in [0.4, 0.5) is 10.2 Å². The molecule has 1 aliphatic heterocycles. The summed E-state index contributed by atoms with van der Waals surface area (Å²) in [5.41, 5.74) is -0.331. The number of carbonyl (C=O) groups excluding carboxylic acids is 1. The van der Waals surface area contributed by atoms with Gasteiger partial charge in [-0.2, -0.15) is 5.26 Å². The lowest BCUT2D eigenvalue weighted by Gasteiger charge is -2.40. The van der Waals surface area contributed by atoms with Crippen molar-refractivity contribution in [1.29, 1.82) is 5.26 Å². The van der Waals surface area contributed by atoms with Crippen molar-refractivity contribution in [3.05, 3.63) is 22.6 Å². The number of nitriles is 1. The molecule has 0 amide bonds.